The maximum atomic E-state index is 12.6. The highest BCUT2D eigenvalue weighted by Crippen LogP contribution is 2.43. The Morgan fingerprint density at radius 2 is 1.74 bits per heavy atom. The fourth-order valence-corrected chi connectivity index (χ4v) is 1.23. The van der Waals surface area contributed by atoms with Crippen molar-refractivity contribution in [1.82, 2.24) is 4.98 Å². The minimum absolute atomic E-state index is 0.221. The highest BCUT2D eigenvalue weighted by Gasteiger charge is 2.43. The van der Waals surface area contributed by atoms with Crippen molar-refractivity contribution in [3.05, 3.63) is 17.3 Å². The van der Waals surface area contributed by atoms with E-state index in [0.29, 0.717) is 0 Å². The number of hydrogen-bond donors (Lipinski definition) is 0. The molecule has 0 spiro atoms. The summed E-state index contributed by atoms with van der Waals surface area (Å²) in [6.07, 6.45) is -10.6. The van der Waals surface area contributed by atoms with Gasteiger partial charge in [-0.15, -0.1) is 13.2 Å². The van der Waals surface area contributed by atoms with E-state index >= 15 is 0 Å². The number of halogens is 7. The summed E-state index contributed by atoms with van der Waals surface area (Å²) in [6.45, 7) is -1.37. The molecule has 0 N–H and O–H groups in total. The molecule has 0 aliphatic carbocycles. The Kier molecular flexibility index (Phi) is 4.11. The molecule has 0 amide bonds. The van der Waals surface area contributed by atoms with Crippen molar-refractivity contribution in [2.24, 2.45) is 0 Å². The molecule has 0 unspecified atom stereocenters. The van der Waals surface area contributed by atoms with E-state index in [9.17, 15) is 30.7 Å². The molecule has 0 aliphatic heterocycles. The van der Waals surface area contributed by atoms with Crippen LogP contribution in [0.5, 0.6) is 11.6 Å². The first-order chi connectivity index (χ1) is 8.58. The van der Waals surface area contributed by atoms with Crippen LogP contribution in [0.15, 0.2) is 6.07 Å². The molecule has 0 saturated carbocycles. The van der Waals surface area contributed by atoms with Gasteiger partial charge in [-0.05, 0) is 0 Å². The predicted molar refractivity (Wildman–Crippen MR) is 47.3 cm³/mol. The van der Waals surface area contributed by atoms with Crippen LogP contribution >= 0.6 is 0 Å². The molecule has 1 rings (SSSR count). The monoisotopic (exact) mass is 293 g/mol. The Hall–Kier alpha value is -1.74. The van der Waals surface area contributed by atoms with Crippen LogP contribution in [0.3, 0.4) is 0 Å². The normalized spacial score (nSPS) is 12.4. The standard InChI is InChI=1S/C9H6F7NO2/c1-18-7-6(8(11,12)13)5(19-9(14,15)16)2-4(3-10)17-7/h2H,3H2,1H3. The van der Waals surface area contributed by atoms with E-state index < -0.39 is 42.1 Å². The first kappa shape index (κ1) is 15.3. The van der Waals surface area contributed by atoms with Gasteiger partial charge < -0.3 is 9.47 Å². The van der Waals surface area contributed by atoms with Crippen LogP contribution in [0.25, 0.3) is 0 Å². The smallest absolute Gasteiger partial charge is 0.480 e. The zero-order valence-corrected chi connectivity index (χ0v) is 9.19. The van der Waals surface area contributed by atoms with Gasteiger partial charge in [-0.1, -0.05) is 0 Å². The molecule has 0 saturated heterocycles. The Balaban J connectivity index is 3.47. The molecule has 0 bridgehead atoms. The Bertz CT molecular complexity index is 455. The Morgan fingerprint density at radius 3 is 2.11 bits per heavy atom. The van der Waals surface area contributed by atoms with Crippen LogP contribution in [0.4, 0.5) is 30.7 Å². The third kappa shape index (κ3) is 3.86. The van der Waals surface area contributed by atoms with E-state index in [1.165, 1.54) is 0 Å². The minimum Gasteiger partial charge on any atom is -0.480 e. The van der Waals surface area contributed by atoms with Gasteiger partial charge >= 0.3 is 12.5 Å². The first-order valence-corrected chi connectivity index (χ1v) is 4.55. The maximum absolute atomic E-state index is 12.6. The Labute approximate surface area is 101 Å². The summed E-state index contributed by atoms with van der Waals surface area (Å²) in [4.78, 5) is 3.10. The van der Waals surface area contributed by atoms with Gasteiger partial charge in [-0.3, -0.25) is 0 Å². The van der Waals surface area contributed by atoms with Crippen LogP contribution in [0.2, 0.25) is 0 Å². The SMILES string of the molecule is COc1nc(CF)cc(OC(F)(F)F)c1C(F)(F)F. The summed E-state index contributed by atoms with van der Waals surface area (Å²) < 4.78 is 93.9. The van der Waals surface area contributed by atoms with Gasteiger partial charge in [-0.2, -0.15) is 13.2 Å². The minimum atomic E-state index is -5.36. The number of ether oxygens (including phenoxy) is 2. The topological polar surface area (TPSA) is 31.4 Å². The van der Waals surface area contributed by atoms with E-state index in [2.05, 4.69) is 14.5 Å². The van der Waals surface area contributed by atoms with E-state index in [-0.39, 0.29) is 6.07 Å². The second-order valence-electron chi connectivity index (χ2n) is 3.18. The number of nitrogens with zero attached hydrogens (tertiary/aromatic N) is 1. The number of methoxy groups -OCH3 is 1. The predicted octanol–water partition coefficient (Wildman–Crippen LogP) is 3.48. The maximum Gasteiger partial charge on any atom is 0.573 e. The average Bonchev–Trinajstić information content (AvgIpc) is 2.23. The zero-order valence-electron chi connectivity index (χ0n) is 9.19. The molecule has 108 valence electrons. The summed E-state index contributed by atoms with van der Waals surface area (Å²) in [5.74, 6) is -2.80. The van der Waals surface area contributed by atoms with Crippen LogP contribution in [0, 0.1) is 0 Å². The average molecular weight is 293 g/mol. The van der Waals surface area contributed by atoms with Crippen LogP contribution in [-0.2, 0) is 12.9 Å². The molecule has 3 nitrogen and oxygen atoms in total. The molecule has 0 fully saturated rings. The lowest BCUT2D eigenvalue weighted by molar-refractivity contribution is -0.276. The summed E-state index contributed by atoms with van der Waals surface area (Å²) in [5.41, 5.74) is -2.53. The lowest BCUT2D eigenvalue weighted by atomic mass is 10.2. The van der Waals surface area contributed by atoms with Crippen molar-refractivity contribution in [3.63, 3.8) is 0 Å². The van der Waals surface area contributed by atoms with Gasteiger partial charge in [0.15, 0.2) is 5.56 Å². The third-order valence-electron chi connectivity index (χ3n) is 1.84. The molecular formula is C9H6F7NO2. The number of alkyl halides is 7. The van der Waals surface area contributed by atoms with Crippen molar-refractivity contribution in [2.75, 3.05) is 7.11 Å². The summed E-state index contributed by atoms with van der Waals surface area (Å²) in [5, 5.41) is 0. The van der Waals surface area contributed by atoms with Crippen molar-refractivity contribution in [1.29, 1.82) is 0 Å². The van der Waals surface area contributed by atoms with Crippen molar-refractivity contribution in [2.45, 2.75) is 19.2 Å². The van der Waals surface area contributed by atoms with Crippen LogP contribution in [0.1, 0.15) is 11.3 Å². The highest BCUT2D eigenvalue weighted by atomic mass is 19.4. The van der Waals surface area contributed by atoms with E-state index in [1.54, 1.807) is 0 Å². The molecule has 0 aliphatic rings. The molecular weight excluding hydrogens is 287 g/mol. The van der Waals surface area contributed by atoms with E-state index in [4.69, 9.17) is 0 Å². The molecule has 0 atom stereocenters. The second-order valence-corrected chi connectivity index (χ2v) is 3.18. The lowest BCUT2D eigenvalue weighted by Crippen LogP contribution is -2.21. The van der Waals surface area contributed by atoms with Crippen molar-refractivity contribution in [3.8, 4) is 11.6 Å². The molecule has 0 aromatic carbocycles. The summed E-state index contributed by atoms with van der Waals surface area (Å²) in [7, 11) is 0.761. The van der Waals surface area contributed by atoms with Crippen molar-refractivity contribution >= 4 is 0 Å². The second kappa shape index (κ2) is 5.10. The van der Waals surface area contributed by atoms with Gasteiger partial charge in [0.2, 0.25) is 5.88 Å². The van der Waals surface area contributed by atoms with E-state index in [0.717, 1.165) is 7.11 Å². The zero-order chi connectivity index (χ0) is 14.8. The third-order valence-corrected chi connectivity index (χ3v) is 1.84. The lowest BCUT2D eigenvalue weighted by Gasteiger charge is -2.17. The van der Waals surface area contributed by atoms with Gasteiger partial charge in [0, 0.05) is 6.07 Å². The molecule has 19 heavy (non-hydrogen) atoms. The fourth-order valence-electron chi connectivity index (χ4n) is 1.23. The van der Waals surface area contributed by atoms with Gasteiger partial charge in [0.25, 0.3) is 0 Å². The van der Waals surface area contributed by atoms with Gasteiger partial charge in [0.1, 0.15) is 12.4 Å². The highest BCUT2D eigenvalue weighted by molar-refractivity contribution is 5.44. The van der Waals surface area contributed by atoms with Crippen LogP contribution < -0.4 is 9.47 Å². The first-order valence-electron chi connectivity index (χ1n) is 4.55. The number of hydrogen-bond acceptors (Lipinski definition) is 3. The van der Waals surface area contributed by atoms with Crippen molar-refractivity contribution < 1.29 is 40.2 Å². The van der Waals surface area contributed by atoms with Crippen LogP contribution in [-0.4, -0.2) is 18.5 Å². The van der Waals surface area contributed by atoms with E-state index in [1.807, 2.05) is 0 Å². The summed E-state index contributed by atoms with van der Waals surface area (Å²) >= 11 is 0. The quantitative estimate of drug-likeness (QED) is 0.800. The van der Waals surface area contributed by atoms with Gasteiger partial charge in [0.05, 0.1) is 12.8 Å². The Morgan fingerprint density at radius 1 is 1.16 bits per heavy atom. The molecule has 10 heteroatoms. The van der Waals surface area contributed by atoms with Gasteiger partial charge in [-0.25, -0.2) is 9.37 Å². The molecule has 0 radical (unpaired) electrons. The largest absolute Gasteiger partial charge is 0.573 e. The number of rotatable bonds is 3. The number of pyridine rings is 1. The summed E-state index contributed by atoms with van der Waals surface area (Å²) in [6, 6.07) is 0.221. The number of aromatic nitrogens is 1. The molecule has 1 heterocycles. The molecule has 1 aromatic heterocycles. The fraction of sp³-hybridized carbons (Fsp3) is 0.444. The molecule has 1 aromatic rings.